The Labute approximate surface area is 122 Å². The Bertz CT molecular complexity index is 740. The molecular weight excluding hydrogens is 329 g/mol. The number of hydrogen-bond donors (Lipinski definition) is 1. The lowest BCUT2D eigenvalue weighted by atomic mass is 10.1. The maximum absolute atomic E-state index is 13.6. The monoisotopic (exact) mass is 339 g/mol. The predicted octanol–water partition coefficient (Wildman–Crippen LogP) is 2.80. The fourth-order valence-electron chi connectivity index (χ4n) is 1.88. The number of nitrogens with zero attached hydrogens (tertiary/aromatic N) is 1. The lowest BCUT2D eigenvalue weighted by Gasteiger charge is -2.08. The molecule has 1 aromatic heterocycles. The maximum atomic E-state index is 13.6. The Hall–Kier alpha value is -1.95. The Balaban J connectivity index is 2.38. The van der Waals surface area contributed by atoms with Crippen LogP contribution in [0.1, 0.15) is 21.5 Å². The molecule has 0 aliphatic carbocycles. The fourth-order valence-corrected chi connectivity index (χ4v) is 2.47. The molecule has 104 valence electrons. The van der Waals surface area contributed by atoms with Crippen molar-refractivity contribution in [3.8, 4) is 0 Å². The molecule has 0 fully saturated rings. The van der Waals surface area contributed by atoms with Gasteiger partial charge in [-0.3, -0.25) is 4.79 Å². The van der Waals surface area contributed by atoms with Crippen LogP contribution in [0.25, 0.3) is 0 Å². The van der Waals surface area contributed by atoms with Gasteiger partial charge in [0.25, 0.3) is 5.56 Å². The zero-order chi connectivity index (χ0) is 14.9. The highest BCUT2D eigenvalue weighted by Crippen LogP contribution is 2.13. The molecule has 0 spiro atoms. The zero-order valence-electron chi connectivity index (χ0n) is 10.6. The summed E-state index contributed by atoms with van der Waals surface area (Å²) in [5, 5.41) is 8.76. The van der Waals surface area contributed by atoms with Crippen LogP contribution in [0.3, 0.4) is 0 Å². The Morgan fingerprint density at radius 3 is 2.70 bits per heavy atom. The second kappa shape index (κ2) is 5.58. The molecule has 2 aromatic rings. The summed E-state index contributed by atoms with van der Waals surface area (Å²) in [5.74, 6) is -2.13. The van der Waals surface area contributed by atoms with Crippen molar-refractivity contribution < 1.29 is 14.3 Å². The molecule has 0 unspecified atom stereocenters. The van der Waals surface area contributed by atoms with E-state index in [0.29, 0.717) is 11.1 Å². The number of aryl methyl sites for hydroxylation is 1. The highest BCUT2D eigenvalue weighted by atomic mass is 79.9. The molecule has 0 saturated heterocycles. The molecule has 0 radical (unpaired) electrons. The van der Waals surface area contributed by atoms with Crippen molar-refractivity contribution >= 4 is 21.9 Å². The molecule has 1 heterocycles. The predicted molar refractivity (Wildman–Crippen MR) is 75.6 cm³/mol. The van der Waals surface area contributed by atoms with Crippen LogP contribution in [0.4, 0.5) is 4.39 Å². The van der Waals surface area contributed by atoms with Crippen molar-refractivity contribution in [2.45, 2.75) is 13.5 Å². The van der Waals surface area contributed by atoms with Gasteiger partial charge in [-0.15, -0.1) is 0 Å². The Morgan fingerprint density at radius 1 is 1.40 bits per heavy atom. The number of benzene rings is 1. The number of carbonyl (C=O) groups is 1. The molecule has 0 saturated carbocycles. The van der Waals surface area contributed by atoms with Gasteiger partial charge >= 0.3 is 5.97 Å². The third kappa shape index (κ3) is 2.96. The van der Waals surface area contributed by atoms with E-state index >= 15 is 0 Å². The molecule has 0 aliphatic heterocycles. The van der Waals surface area contributed by atoms with Crippen molar-refractivity contribution in [2.24, 2.45) is 0 Å². The fraction of sp³-hybridized carbons (Fsp3) is 0.143. The van der Waals surface area contributed by atoms with E-state index in [1.165, 1.54) is 16.7 Å². The lowest BCUT2D eigenvalue weighted by Crippen LogP contribution is -2.22. The van der Waals surface area contributed by atoms with Crippen molar-refractivity contribution in [2.75, 3.05) is 0 Å². The SMILES string of the molecule is Cc1cc(Br)cn(Cc2ccc(C(=O)O)c(F)c2)c1=O. The van der Waals surface area contributed by atoms with Gasteiger partial charge in [0.1, 0.15) is 5.82 Å². The number of carboxylic acids is 1. The van der Waals surface area contributed by atoms with Crippen LogP contribution in [0.5, 0.6) is 0 Å². The third-order valence-corrected chi connectivity index (χ3v) is 3.28. The first-order valence-corrected chi connectivity index (χ1v) is 6.56. The van der Waals surface area contributed by atoms with Crippen molar-refractivity contribution in [1.29, 1.82) is 0 Å². The summed E-state index contributed by atoms with van der Waals surface area (Å²) in [5.41, 5.74) is 0.538. The average Bonchev–Trinajstić information content (AvgIpc) is 2.35. The highest BCUT2D eigenvalue weighted by molar-refractivity contribution is 9.10. The molecular formula is C14H11BrFNO3. The van der Waals surface area contributed by atoms with Gasteiger partial charge in [-0.25, -0.2) is 9.18 Å². The van der Waals surface area contributed by atoms with Gasteiger partial charge in [0.05, 0.1) is 12.1 Å². The van der Waals surface area contributed by atoms with Crippen LogP contribution in [-0.2, 0) is 6.54 Å². The maximum Gasteiger partial charge on any atom is 0.338 e. The molecule has 0 aliphatic rings. The van der Waals surface area contributed by atoms with Crippen molar-refractivity contribution in [1.82, 2.24) is 4.57 Å². The minimum Gasteiger partial charge on any atom is -0.478 e. The van der Waals surface area contributed by atoms with Crippen LogP contribution in [-0.4, -0.2) is 15.6 Å². The van der Waals surface area contributed by atoms with Crippen molar-refractivity contribution in [3.05, 3.63) is 67.8 Å². The number of halogens is 2. The first-order valence-electron chi connectivity index (χ1n) is 5.77. The number of carboxylic acid groups (broad SMARTS) is 1. The normalized spacial score (nSPS) is 10.6. The largest absolute Gasteiger partial charge is 0.478 e. The topological polar surface area (TPSA) is 59.3 Å². The van der Waals surface area contributed by atoms with Crippen LogP contribution in [0.2, 0.25) is 0 Å². The molecule has 0 amide bonds. The minimum absolute atomic E-state index is 0.170. The number of rotatable bonds is 3. The summed E-state index contributed by atoms with van der Waals surface area (Å²) < 4.78 is 15.8. The smallest absolute Gasteiger partial charge is 0.338 e. The second-order valence-electron chi connectivity index (χ2n) is 4.39. The van der Waals surface area contributed by atoms with Crippen LogP contribution < -0.4 is 5.56 Å². The number of aromatic nitrogens is 1. The van der Waals surface area contributed by atoms with E-state index in [4.69, 9.17) is 5.11 Å². The van der Waals surface area contributed by atoms with E-state index in [1.807, 2.05) is 0 Å². The highest BCUT2D eigenvalue weighted by Gasteiger charge is 2.11. The van der Waals surface area contributed by atoms with Gasteiger partial charge in [0, 0.05) is 16.2 Å². The van der Waals surface area contributed by atoms with E-state index in [2.05, 4.69) is 15.9 Å². The quantitative estimate of drug-likeness (QED) is 0.935. The molecule has 1 aromatic carbocycles. The Morgan fingerprint density at radius 2 is 2.10 bits per heavy atom. The van der Waals surface area contributed by atoms with Gasteiger partial charge in [-0.2, -0.15) is 0 Å². The van der Waals surface area contributed by atoms with Gasteiger partial charge in [-0.1, -0.05) is 6.07 Å². The van der Waals surface area contributed by atoms with Crippen LogP contribution in [0, 0.1) is 12.7 Å². The van der Waals surface area contributed by atoms with E-state index in [1.54, 1.807) is 19.2 Å². The molecule has 1 N–H and O–H groups in total. The lowest BCUT2D eigenvalue weighted by molar-refractivity contribution is 0.0692. The molecule has 0 atom stereocenters. The summed E-state index contributed by atoms with van der Waals surface area (Å²) in [6.07, 6.45) is 1.61. The van der Waals surface area contributed by atoms with Crippen LogP contribution >= 0.6 is 15.9 Å². The van der Waals surface area contributed by atoms with E-state index in [9.17, 15) is 14.0 Å². The van der Waals surface area contributed by atoms with E-state index < -0.39 is 11.8 Å². The molecule has 4 nitrogen and oxygen atoms in total. The third-order valence-electron chi connectivity index (χ3n) is 2.85. The molecule has 2 rings (SSSR count). The summed E-state index contributed by atoms with van der Waals surface area (Å²) >= 11 is 3.29. The van der Waals surface area contributed by atoms with Gasteiger partial charge < -0.3 is 9.67 Å². The minimum atomic E-state index is -1.32. The Kier molecular flexibility index (Phi) is 4.04. The van der Waals surface area contributed by atoms with Gasteiger partial charge in [-0.05, 0) is 46.6 Å². The number of pyridine rings is 1. The average molecular weight is 340 g/mol. The standard InChI is InChI=1S/C14H11BrFNO3/c1-8-4-10(15)7-17(13(8)18)6-9-2-3-11(14(19)20)12(16)5-9/h2-5,7H,6H2,1H3,(H,19,20). The molecule has 0 bridgehead atoms. The summed E-state index contributed by atoms with van der Waals surface area (Å²) in [7, 11) is 0. The summed E-state index contributed by atoms with van der Waals surface area (Å²) in [6.45, 7) is 1.87. The zero-order valence-corrected chi connectivity index (χ0v) is 12.1. The molecule has 20 heavy (non-hydrogen) atoms. The van der Waals surface area contributed by atoms with E-state index in [0.717, 1.165) is 10.5 Å². The molecule has 6 heteroatoms. The summed E-state index contributed by atoms with van der Waals surface area (Å²) in [4.78, 5) is 22.7. The van der Waals surface area contributed by atoms with Crippen molar-refractivity contribution in [3.63, 3.8) is 0 Å². The number of aromatic carboxylic acids is 1. The van der Waals surface area contributed by atoms with Crippen LogP contribution in [0.15, 0.2) is 39.7 Å². The van der Waals surface area contributed by atoms with E-state index in [-0.39, 0.29) is 17.7 Å². The first-order chi connectivity index (χ1) is 9.38. The number of hydrogen-bond acceptors (Lipinski definition) is 2. The first kappa shape index (κ1) is 14.5. The van der Waals surface area contributed by atoms with Gasteiger partial charge in [0.15, 0.2) is 0 Å². The van der Waals surface area contributed by atoms with Gasteiger partial charge in [0.2, 0.25) is 0 Å². The summed E-state index contributed by atoms with van der Waals surface area (Å²) in [6, 6.07) is 5.52. The second-order valence-corrected chi connectivity index (χ2v) is 5.31.